The van der Waals surface area contributed by atoms with Crippen LogP contribution in [0.5, 0.6) is 0 Å². The zero-order valence-corrected chi connectivity index (χ0v) is 23.9. The number of carbonyl (C=O) groups excluding carboxylic acids is 1. The van der Waals surface area contributed by atoms with Crippen LogP contribution in [0.2, 0.25) is 0 Å². The molecule has 0 bridgehead atoms. The van der Waals surface area contributed by atoms with Crippen molar-refractivity contribution in [1.82, 2.24) is 29.7 Å². The van der Waals surface area contributed by atoms with Gasteiger partial charge in [-0.3, -0.25) is 14.6 Å². The van der Waals surface area contributed by atoms with Crippen LogP contribution in [0.1, 0.15) is 44.5 Å². The molecule has 3 aliphatic heterocycles. The molecule has 40 heavy (non-hydrogen) atoms. The number of halogens is 1. The third kappa shape index (κ3) is 5.25. The van der Waals surface area contributed by atoms with Gasteiger partial charge in [0, 0.05) is 68.2 Å². The summed E-state index contributed by atoms with van der Waals surface area (Å²) < 4.78 is 21.1. The summed E-state index contributed by atoms with van der Waals surface area (Å²) in [6.45, 7) is 14.8. The fourth-order valence-electron chi connectivity index (χ4n) is 6.58. The lowest BCUT2D eigenvalue weighted by atomic mass is 9.87. The number of morpholine rings is 1. The molecule has 2 fully saturated rings. The monoisotopic (exact) mass is 549 g/mol. The molecule has 10 heteroatoms. The molecule has 3 aromatic rings. The molecular weight excluding hydrogens is 509 g/mol. The van der Waals surface area contributed by atoms with E-state index >= 15 is 0 Å². The van der Waals surface area contributed by atoms with Crippen LogP contribution in [0, 0.1) is 5.82 Å². The smallest absolute Gasteiger partial charge is 0.241 e. The Morgan fingerprint density at radius 2 is 2.00 bits per heavy atom. The fraction of sp³-hybridized carbons (Fsp3) is 0.567. The average molecular weight is 550 g/mol. The van der Waals surface area contributed by atoms with Crippen LogP contribution in [0.4, 0.5) is 10.1 Å². The van der Waals surface area contributed by atoms with Crippen LogP contribution in [0.15, 0.2) is 36.7 Å². The number of hydrogen-bond donors (Lipinski definition) is 1. The van der Waals surface area contributed by atoms with Gasteiger partial charge in [-0.05, 0) is 37.6 Å². The number of carbonyl (C=O) groups is 1. The maximum Gasteiger partial charge on any atom is 0.241 e. The fourth-order valence-corrected chi connectivity index (χ4v) is 6.58. The first-order valence-electron chi connectivity index (χ1n) is 14.4. The van der Waals surface area contributed by atoms with Crippen molar-refractivity contribution in [2.75, 3.05) is 57.4 Å². The molecule has 2 aromatic heterocycles. The molecule has 3 aliphatic rings. The van der Waals surface area contributed by atoms with E-state index in [0.29, 0.717) is 31.6 Å². The van der Waals surface area contributed by atoms with Crippen molar-refractivity contribution in [3.05, 3.63) is 59.3 Å². The van der Waals surface area contributed by atoms with Gasteiger partial charge in [0.2, 0.25) is 5.91 Å². The Morgan fingerprint density at radius 3 is 2.77 bits per heavy atom. The van der Waals surface area contributed by atoms with Crippen LogP contribution in [-0.4, -0.2) is 101 Å². The minimum absolute atomic E-state index is 0.109. The number of piperazine rings is 1. The van der Waals surface area contributed by atoms with E-state index in [4.69, 9.17) is 4.74 Å². The van der Waals surface area contributed by atoms with Gasteiger partial charge in [0.05, 0.1) is 31.1 Å². The highest BCUT2D eigenvalue weighted by molar-refractivity contribution is 5.99. The van der Waals surface area contributed by atoms with E-state index in [2.05, 4.69) is 59.0 Å². The number of benzene rings is 1. The average Bonchev–Trinajstić information content (AvgIpc) is 3.50. The quantitative estimate of drug-likeness (QED) is 0.506. The first kappa shape index (κ1) is 27.3. The molecule has 6 rings (SSSR count). The number of hydrogen-bond acceptors (Lipinski definition) is 7. The molecule has 1 aromatic carbocycles. The van der Waals surface area contributed by atoms with Crippen molar-refractivity contribution >= 4 is 17.2 Å². The van der Waals surface area contributed by atoms with Crippen LogP contribution < -0.4 is 10.2 Å². The predicted octanol–water partition coefficient (Wildman–Crippen LogP) is 2.47. The second kappa shape index (κ2) is 10.8. The summed E-state index contributed by atoms with van der Waals surface area (Å²) in [5.41, 5.74) is 4.37. The number of pyridine rings is 1. The number of fused-ring (bicyclic) bond motifs is 3. The maximum absolute atomic E-state index is 14.1. The van der Waals surface area contributed by atoms with Gasteiger partial charge in [0.25, 0.3) is 0 Å². The molecule has 5 heterocycles. The summed E-state index contributed by atoms with van der Waals surface area (Å²) >= 11 is 0. The van der Waals surface area contributed by atoms with E-state index in [0.717, 1.165) is 67.5 Å². The second-order valence-corrected chi connectivity index (χ2v) is 12.4. The SMILES string of the molecule is C[C@@H]1CN(CC(=O)N2CC(C)(C)c3c2cc(Cc2ccc(F)cc2)n2ncnc32)[C@@H](CN2CCOC[C@H]2C)CN1. The third-order valence-electron chi connectivity index (χ3n) is 8.74. The Bertz CT molecular complexity index is 1370. The Labute approximate surface area is 235 Å². The number of nitrogens with zero attached hydrogens (tertiary/aromatic N) is 6. The molecule has 0 unspecified atom stereocenters. The lowest BCUT2D eigenvalue weighted by molar-refractivity contribution is -0.121. The normalized spacial score (nSPS) is 25.4. The van der Waals surface area contributed by atoms with Crippen LogP contribution >= 0.6 is 0 Å². The summed E-state index contributed by atoms with van der Waals surface area (Å²) in [4.78, 5) is 25.5. The van der Waals surface area contributed by atoms with Crippen LogP contribution in [0.25, 0.3) is 5.65 Å². The minimum Gasteiger partial charge on any atom is -0.379 e. The Balaban J connectivity index is 1.28. The number of amides is 1. The van der Waals surface area contributed by atoms with Gasteiger partial charge < -0.3 is 15.0 Å². The van der Waals surface area contributed by atoms with Gasteiger partial charge in [-0.2, -0.15) is 5.10 Å². The first-order valence-corrected chi connectivity index (χ1v) is 14.4. The van der Waals surface area contributed by atoms with E-state index in [9.17, 15) is 9.18 Å². The summed E-state index contributed by atoms with van der Waals surface area (Å²) in [7, 11) is 0. The Morgan fingerprint density at radius 1 is 1.20 bits per heavy atom. The van der Waals surface area contributed by atoms with Crippen molar-refractivity contribution in [3.63, 3.8) is 0 Å². The van der Waals surface area contributed by atoms with E-state index in [1.54, 1.807) is 18.5 Å². The van der Waals surface area contributed by atoms with E-state index < -0.39 is 0 Å². The molecule has 1 amide bonds. The van der Waals surface area contributed by atoms with E-state index in [-0.39, 0.29) is 23.2 Å². The summed E-state index contributed by atoms with van der Waals surface area (Å²) in [5.74, 6) is -0.150. The molecule has 214 valence electrons. The molecule has 2 saturated heterocycles. The van der Waals surface area contributed by atoms with Gasteiger partial charge in [-0.15, -0.1) is 0 Å². The van der Waals surface area contributed by atoms with E-state index in [1.165, 1.54) is 12.1 Å². The lowest BCUT2D eigenvalue weighted by Crippen LogP contribution is -2.62. The van der Waals surface area contributed by atoms with Gasteiger partial charge >= 0.3 is 0 Å². The van der Waals surface area contributed by atoms with Gasteiger partial charge in [0.1, 0.15) is 12.1 Å². The van der Waals surface area contributed by atoms with Crippen LogP contribution in [-0.2, 0) is 21.4 Å². The van der Waals surface area contributed by atoms with Crippen molar-refractivity contribution in [1.29, 1.82) is 0 Å². The van der Waals surface area contributed by atoms with Crippen molar-refractivity contribution < 1.29 is 13.9 Å². The third-order valence-corrected chi connectivity index (χ3v) is 8.74. The summed E-state index contributed by atoms with van der Waals surface area (Å²) in [6.07, 6.45) is 2.13. The Kier molecular flexibility index (Phi) is 7.37. The summed E-state index contributed by atoms with van der Waals surface area (Å²) in [5, 5.41) is 8.14. The molecule has 9 nitrogen and oxygen atoms in total. The molecule has 0 spiro atoms. The lowest BCUT2D eigenvalue weighted by Gasteiger charge is -2.43. The molecule has 0 radical (unpaired) electrons. The van der Waals surface area contributed by atoms with Gasteiger partial charge in [-0.25, -0.2) is 13.9 Å². The van der Waals surface area contributed by atoms with Crippen molar-refractivity contribution in [3.8, 4) is 0 Å². The zero-order chi connectivity index (χ0) is 28.0. The number of ether oxygens (including phenoxy) is 1. The zero-order valence-electron chi connectivity index (χ0n) is 23.9. The van der Waals surface area contributed by atoms with Gasteiger partial charge in [0.15, 0.2) is 5.65 Å². The summed E-state index contributed by atoms with van der Waals surface area (Å²) in [6, 6.07) is 9.57. The second-order valence-electron chi connectivity index (χ2n) is 12.4. The van der Waals surface area contributed by atoms with E-state index in [1.807, 2.05) is 9.42 Å². The number of aromatic nitrogens is 3. The predicted molar refractivity (Wildman–Crippen MR) is 152 cm³/mol. The number of anilines is 1. The highest BCUT2D eigenvalue weighted by atomic mass is 19.1. The first-order chi connectivity index (χ1) is 19.2. The molecule has 0 aliphatic carbocycles. The number of nitrogens with one attached hydrogen (secondary N) is 1. The molecule has 1 N–H and O–H groups in total. The van der Waals surface area contributed by atoms with Crippen molar-refractivity contribution in [2.45, 2.75) is 57.7 Å². The highest BCUT2D eigenvalue weighted by Gasteiger charge is 2.42. The highest BCUT2D eigenvalue weighted by Crippen LogP contribution is 2.43. The largest absolute Gasteiger partial charge is 0.379 e. The topological polar surface area (TPSA) is 78.2 Å². The molecule has 3 atom stereocenters. The standard InChI is InChI=1S/C30H40FN7O2/c1-20-14-36(25(13-32-20)15-35-9-10-40-17-21(35)2)16-27(39)37-18-30(3,4)28-26(37)12-24(38-29(28)33-19-34-38)11-22-5-7-23(31)8-6-22/h5-8,12,19-21,25,32H,9-11,13-18H2,1-4H3/t20-,21-,25-/m1/s1. The molecule has 0 saturated carbocycles. The number of rotatable bonds is 6. The Hall–Kier alpha value is -2.92. The maximum atomic E-state index is 14.1. The minimum atomic E-state index is -0.271. The van der Waals surface area contributed by atoms with Crippen LogP contribution in [0.3, 0.4) is 0 Å². The van der Waals surface area contributed by atoms with Gasteiger partial charge in [-0.1, -0.05) is 26.0 Å². The molecular formula is C30H40FN7O2. The van der Waals surface area contributed by atoms with Crippen molar-refractivity contribution in [2.24, 2.45) is 0 Å².